The Hall–Kier alpha value is -3.63. The predicted octanol–water partition coefficient (Wildman–Crippen LogP) is 4.01. The van der Waals surface area contributed by atoms with Crippen LogP contribution in [0.25, 0.3) is 11.4 Å². The van der Waals surface area contributed by atoms with Crippen LogP contribution < -0.4 is 5.32 Å². The van der Waals surface area contributed by atoms with Crippen LogP contribution in [-0.2, 0) is 6.18 Å². The molecule has 1 amide bonds. The second kappa shape index (κ2) is 8.86. The van der Waals surface area contributed by atoms with E-state index >= 15 is 0 Å². The van der Waals surface area contributed by atoms with Crippen molar-refractivity contribution >= 4 is 11.7 Å². The Morgan fingerprint density at radius 3 is 2.51 bits per heavy atom. The van der Waals surface area contributed by atoms with E-state index in [0.29, 0.717) is 41.4 Å². The quantitative estimate of drug-likeness (QED) is 0.586. The normalized spacial score (nSPS) is 23.5. The topological polar surface area (TPSA) is 96.8 Å². The molecule has 5 heterocycles. The van der Waals surface area contributed by atoms with Crippen molar-refractivity contribution in [1.29, 1.82) is 0 Å². The van der Waals surface area contributed by atoms with Gasteiger partial charge in [-0.1, -0.05) is 6.92 Å². The second-order valence-corrected chi connectivity index (χ2v) is 9.11. The first kappa shape index (κ1) is 23.1. The van der Waals surface area contributed by atoms with Gasteiger partial charge in [0.25, 0.3) is 5.91 Å². The molecular formula is C24H24F3N7O. The highest BCUT2D eigenvalue weighted by atomic mass is 19.4. The number of amides is 1. The van der Waals surface area contributed by atoms with Crippen LogP contribution in [-0.4, -0.2) is 54.4 Å². The first-order chi connectivity index (χ1) is 16.7. The van der Waals surface area contributed by atoms with E-state index in [4.69, 9.17) is 0 Å². The Balaban J connectivity index is 1.41. The minimum absolute atomic E-state index is 0.0843. The third kappa shape index (κ3) is 4.42. The molecule has 11 heteroatoms. The van der Waals surface area contributed by atoms with Crippen LogP contribution in [0, 0.1) is 18.8 Å². The largest absolute Gasteiger partial charge is 0.434 e. The minimum Gasteiger partial charge on any atom is -0.367 e. The van der Waals surface area contributed by atoms with Crippen molar-refractivity contribution in [2.24, 2.45) is 11.8 Å². The fourth-order valence-electron chi connectivity index (χ4n) is 4.96. The molecule has 0 spiro atoms. The zero-order valence-electron chi connectivity index (χ0n) is 19.2. The van der Waals surface area contributed by atoms with Crippen molar-refractivity contribution in [3.05, 3.63) is 60.1 Å². The number of aromatic nitrogens is 5. The number of piperidine rings is 2. The maximum atomic E-state index is 13.9. The molecule has 2 unspecified atom stereocenters. The van der Waals surface area contributed by atoms with E-state index in [0.717, 1.165) is 19.0 Å². The molecule has 2 atom stereocenters. The first-order valence-electron chi connectivity index (χ1n) is 11.4. The number of nitrogens with zero attached hydrogens (tertiary/aromatic N) is 6. The number of hydrogen-bond donors (Lipinski definition) is 1. The lowest BCUT2D eigenvalue weighted by Crippen LogP contribution is -2.64. The summed E-state index contributed by atoms with van der Waals surface area (Å²) in [5.41, 5.74) is 0.524. The lowest BCUT2D eigenvalue weighted by atomic mass is 9.64. The summed E-state index contributed by atoms with van der Waals surface area (Å²) < 4.78 is 38.4. The van der Waals surface area contributed by atoms with Gasteiger partial charge < -0.3 is 10.2 Å². The molecular weight excluding hydrogens is 459 g/mol. The van der Waals surface area contributed by atoms with E-state index in [1.807, 2.05) is 24.0 Å². The van der Waals surface area contributed by atoms with Gasteiger partial charge in [-0.2, -0.15) is 13.2 Å². The Labute approximate surface area is 200 Å². The molecule has 2 aliphatic heterocycles. The van der Waals surface area contributed by atoms with Gasteiger partial charge in [-0.25, -0.2) is 24.9 Å². The summed E-state index contributed by atoms with van der Waals surface area (Å²) in [6, 6.07) is 5.24. The number of carbonyl (C=O) groups excluding carboxylic acids is 1. The number of alkyl halides is 3. The zero-order valence-corrected chi connectivity index (χ0v) is 19.2. The molecule has 1 saturated carbocycles. The number of rotatable bonds is 5. The van der Waals surface area contributed by atoms with Gasteiger partial charge in [-0.15, -0.1) is 0 Å². The molecule has 6 rings (SSSR count). The molecule has 2 bridgehead atoms. The van der Waals surface area contributed by atoms with Crippen LogP contribution in [0.1, 0.15) is 41.6 Å². The third-order valence-electron chi connectivity index (χ3n) is 6.96. The number of aryl methyl sites for hydroxylation is 1. The van der Waals surface area contributed by atoms with Crippen molar-refractivity contribution < 1.29 is 18.0 Å². The average Bonchev–Trinajstić information content (AvgIpc) is 2.82. The lowest BCUT2D eigenvalue weighted by Gasteiger charge is -2.57. The summed E-state index contributed by atoms with van der Waals surface area (Å²) in [6.45, 7) is 4.27. The SMILES string of the molecule is Cc1ccc(-c2ncccn2)c(C(=O)N2C3CC(C3)C(C)C2CNc2cnc(C(F)(F)F)cn2)n1. The fraction of sp³-hybridized carbons (Fsp3) is 0.417. The van der Waals surface area contributed by atoms with E-state index in [9.17, 15) is 18.0 Å². The molecule has 1 aliphatic carbocycles. The molecule has 0 aromatic carbocycles. The van der Waals surface area contributed by atoms with Crippen molar-refractivity contribution in [1.82, 2.24) is 29.8 Å². The Bertz CT molecular complexity index is 1210. The van der Waals surface area contributed by atoms with Crippen molar-refractivity contribution in [2.75, 3.05) is 11.9 Å². The van der Waals surface area contributed by atoms with Gasteiger partial charge in [0, 0.05) is 30.7 Å². The van der Waals surface area contributed by atoms with Crippen LogP contribution in [0.3, 0.4) is 0 Å². The molecule has 8 nitrogen and oxygen atoms in total. The van der Waals surface area contributed by atoms with E-state index in [2.05, 4.69) is 37.2 Å². The number of carbonyl (C=O) groups is 1. The summed E-state index contributed by atoms with van der Waals surface area (Å²) >= 11 is 0. The minimum atomic E-state index is -4.55. The number of anilines is 1. The average molecular weight is 483 g/mol. The summed E-state index contributed by atoms with van der Waals surface area (Å²) in [5, 5.41) is 3.08. The molecule has 3 aromatic rings. The van der Waals surface area contributed by atoms with Crippen LogP contribution in [0.4, 0.5) is 19.0 Å². The molecule has 3 fully saturated rings. The molecule has 182 valence electrons. The Morgan fingerprint density at radius 1 is 1.11 bits per heavy atom. The highest BCUT2D eigenvalue weighted by Crippen LogP contribution is 2.47. The van der Waals surface area contributed by atoms with Gasteiger partial charge in [0.15, 0.2) is 11.5 Å². The molecule has 0 radical (unpaired) electrons. The standard InChI is InChI=1S/C24H24F3N7O/c1-13-4-5-17(22-28-6-3-7-29-22)21(33-13)23(35)34-16-8-15(9-16)14(2)18(34)10-31-20-12-30-19(11-32-20)24(25,26)27/h3-7,11-12,14-16,18H,8-10H2,1-2H3,(H,31,32). The van der Waals surface area contributed by atoms with E-state index < -0.39 is 11.9 Å². The van der Waals surface area contributed by atoms with E-state index in [1.165, 1.54) is 0 Å². The molecule has 1 N–H and O–H groups in total. The molecule has 35 heavy (non-hydrogen) atoms. The maximum absolute atomic E-state index is 13.9. The fourth-order valence-corrected chi connectivity index (χ4v) is 4.96. The van der Waals surface area contributed by atoms with Gasteiger partial charge >= 0.3 is 6.18 Å². The number of hydrogen-bond acceptors (Lipinski definition) is 7. The van der Waals surface area contributed by atoms with Crippen LogP contribution in [0.2, 0.25) is 0 Å². The van der Waals surface area contributed by atoms with Crippen LogP contribution in [0.15, 0.2) is 43.0 Å². The lowest BCUT2D eigenvalue weighted by molar-refractivity contribution is -0.141. The highest BCUT2D eigenvalue weighted by molar-refractivity contribution is 5.98. The number of nitrogens with one attached hydrogen (secondary N) is 1. The highest BCUT2D eigenvalue weighted by Gasteiger charge is 2.51. The van der Waals surface area contributed by atoms with E-state index in [1.54, 1.807) is 18.5 Å². The number of halogens is 3. The van der Waals surface area contributed by atoms with Gasteiger partial charge in [0.05, 0.1) is 24.0 Å². The van der Waals surface area contributed by atoms with Crippen molar-refractivity contribution in [3.8, 4) is 11.4 Å². The van der Waals surface area contributed by atoms with E-state index in [-0.39, 0.29) is 29.7 Å². The van der Waals surface area contributed by atoms with Gasteiger partial charge in [0.2, 0.25) is 0 Å². The van der Waals surface area contributed by atoms with Crippen LogP contribution in [0.5, 0.6) is 0 Å². The summed E-state index contributed by atoms with van der Waals surface area (Å²) in [7, 11) is 0. The number of fused-ring (bicyclic) bond motifs is 2. The smallest absolute Gasteiger partial charge is 0.367 e. The van der Waals surface area contributed by atoms with Crippen molar-refractivity contribution in [2.45, 2.75) is 44.9 Å². The zero-order chi connectivity index (χ0) is 24.7. The molecule has 3 aliphatic rings. The predicted molar refractivity (Wildman–Crippen MR) is 121 cm³/mol. The molecule has 3 aromatic heterocycles. The summed E-state index contributed by atoms with van der Waals surface area (Å²) in [5.74, 6) is 1.15. The third-order valence-corrected chi connectivity index (χ3v) is 6.96. The first-order valence-corrected chi connectivity index (χ1v) is 11.4. The van der Waals surface area contributed by atoms with Gasteiger partial charge in [0.1, 0.15) is 11.5 Å². The van der Waals surface area contributed by atoms with Gasteiger partial charge in [-0.3, -0.25) is 4.79 Å². The summed E-state index contributed by atoms with van der Waals surface area (Å²) in [6.07, 6.45) is 2.31. The maximum Gasteiger partial charge on any atom is 0.434 e. The van der Waals surface area contributed by atoms with Crippen molar-refractivity contribution in [3.63, 3.8) is 0 Å². The monoisotopic (exact) mass is 483 g/mol. The Kier molecular flexibility index (Phi) is 5.86. The Morgan fingerprint density at radius 2 is 1.86 bits per heavy atom. The second-order valence-electron chi connectivity index (χ2n) is 9.11. The summed E-state index contributed by atoms with van der Waals surface area (Å²) in [4.78, 5) is 36.3. The van der Waals surface area contributed by atoms with Gasteiger partial charge in [-0.05, 0) is 49.8 Å². The van der Waals surface area contributed by atoms with Crippen LogP contribution >= 0.6 is 0 Å². The number of pyridine rings is 1. The molecule has 2 saturated heterocycles.